The third-order valence-electron chi connectivity index (χ3n) is 2.90. The van der Waals surface area contributed by atoms with Gasteiger partial charge >= 0.3 is 5.69 Å². The standard InChI is InChI=1S/C12H9Br2N5O5/c13-9-3-7(18(21)22)4-10(14)12(9)16-11(20)1-2-17-6-8(5-15-17)19(23)24/h3-6H,1-2H2,(H,16,20). The van der Waals surface area contributed by atoms with E-state index in [1.807, 2.05) is 0 Å². The van der Waals surface area contributed by atoms with Gasteiger partial charge in [-0.1, -0.05) is 0 Å². The number of carbonyl (C=O) groups excluding carboxylic acids is 1. The van der Waals surface area contributed by atoms with Crippen LogP contribution in [-0.2, 0) is 11.3 Å². The van der Waals surface area contributed by atoms with E-state index in [4.69, 9.17) is 0 Å². The highest BCUT2D eigenvalue weighted by atomic mass is 79.9. The SMILES string of the molecule is O=C(CCn1cc([N+](=O)[O-])cn1)Nc1c(Br)cc([N+](=O)[O-])cc1Br. The van der Waals surface area contributed by atoms with Gasteiger partial charge < -0.3 is 5.32 Å². The van der Waals surface area contributed by atoms with Crippen molar-refractivity contribution in [2.24, 2.45) is 0 Å². The number of nitro benzene ring substituents is 1. The summed E-state index contributed by atoms with van der Waals surface area (Å²) in [6.07, 6.45) is 2.35. The normalized spacial score (nSPS) is 10.4. The maximum absolute atomic E-state index is 12.0. The number of nitrogens with zero attached hydrogens (tertiary/aromatic N) is 4. The molecular formula is C12H9Br2N5O5. The molecule has 1 aromatic heterocycles. The molecule has 1 amide bonds. The molecule has 0 saturated carbocycles. The Morgan fingerprint density at radius 1 is 1.17 bits per heavy atom. The van der Waals surface area contributed by atoms with E-state index in [9.17, 15) is 25.0 Å². The van der Waals surface area contributed by atoms with Gasteiger partial charge in [-0.05, 0) is 31.9 Å². The van der Waals surface area contributed by atoms with Gasteiger partial charge in [-0.25, -0.2) is 0 Å². The average molecular weight is 463 g/mol. The number of non-ortho nitro benzene ring substituents is 1. The fraction of sp³-hybridized carbons (Fsp3) is 0.167. The lowest BCUT2D eigenvalue weighted by atomic mass is 10.2. The number of hydrogen-bond acceptors (Lipinski definition) is 6. The molecule has 0 aliphatic heterocycles. The third kappa shape index (κ3) is 4.35. The van der Waals surface area contributed by atoms with Crippen LogP contribution in [0.3, 0.4) is 0 Å². The lowest BCUT2D eigenvalue weighted by Crippen LogP contribution is -2.15. The molecule has 12 heteroatoms. The summed E-state index contributed by atoms with van der Waals surface area (Å²) in [6.45, 7) is 0.155. The van der Waals surface area contributed by atoms with Crippen LogP contribution in [0.5, 0.6) is 0 Å². The van der Waals surface area contributed by atoms with E-state index in [0.717, 1.165) is 6.20 Å². The quantitative estimate of drug-likeness (QED) is 0.517. The Kier molecular flexibility index (Phi) is 5.62. The zero-order chi connectivity index (χ0) is 17.9. The Balaban J connectivity index is 2.01. The maximum atomic E-state index is 12.0. The highest BCUT2D eigenvalue weighted by Gasteiger charge is 2.16. The predicted molar refractivity (Wildman–Crippen MR) is 90.6 cm³/mol. The van der Waals surface area contributed by atoms with Crippen LogP contribution in [0.15, 0.2) is 33.5 Å². The van der Waals surface area contributed by atoms with Crippen LogP contribution in [0.2, 0.25) is 0 Å². The van der Waals surface area contributed by atoms with Crippen molar-refractivity contribution in [3.63, 3.8) is 0 Å². The number of benzene rings is 1. The Labute approximate surface area is 151 Å². The monoisotopic (exact) mass is 461 g/mol. The number of nitro groups is 2. The van der Waals surface area contributed by atoms with E-state index in [0.29, 0.717) is 14.6 Å². The van der Waals surface area contributed by atoms with Crippen LogP contribution in [0.1, 0.15) is 6.42 Å². The molecule has 2 rings (SSSR count). The molecule has 0 bridgehead atoms. The molecule has 24 heavy (non-hydrogen) atoms. The molecule has 0 atom stereocenters. The molecule has 10 nitrogen and oxygen atoms in total. The zero-order valence-corrected chi connectivity index (χ0v) is 15.0. The van der Waals surface area contributed by atoms with Gasteiger partial charge in [0.1, 0.15) is 12.4 Å². The van der Waals surface area contributed by atoms with Crippen LogP contribution in [0, 0.1) is 20.2 Å². The Morgan fingerprint density at radius 2 is 1.75 bits per heavy atom. The molecule has 1 heterocycles. The molecule has 126 valence electrons. The Hall–Kier alpha value is -2.34. The van der Waals surface area contributed by atoms with Crippen LogP contribution in [0.25, 0.3) is 0 Å². The zero-order valence-electron chi connectivity index (χ0n) is 11.8. The first-order valence-electron chi connectivity index (χ1n) is 6.38. The van der Waals surface area contributed by atoms with Crippen molar-refractivity contribution in [3.8, 4) is 0 Å². The van der Waals surface area contributed by atoms with Crippen molar-refractivity contribution in [3.05, 3.63) is 53.7 Å². The molecule has 0 aliphatic carbocycles. The van der Waals surface area contributed by atoms with Crippen molar-refractivity contribution in [1.82, 2.24) is 9.78 Å². The molecule has 1 aromatic carbocycles. The lowest BCUT2D eigenvalue weighted by molar-refractivity contribution is -0.385. The minimum Gasteiger partial charge on any atom is -0.324 e. The molecule has 0 unspecified atom stereocenters. The van der Waals surface area contributed by atoms with Crippen LogP contribution in [0.4, 0.5) is 17.1 Å². The van der Waals surface area contributed by atoms with Crippen LogP contribution >= 0.6 is 31.9 Å². The second-order valence-electron chi connectivity index (χ2n) is 4.56. The van der Waals surface area contributed by atoms with Gasteiger partial charge in [0.05, 0.1) is 15.5 Å². The highest BCUT2D eigenvalue weighted by Crippen LogP contribution is 2.35. The van der Waals surface area contributed by atoms with E-state index in [-0.39, 0.29) is 30.2 Å². The fourth-order valence-electron chi connectivity index (χ4n) is 1.77. The number of rotatable bonds is 6. The summed E-state index contributed by atoms with van der Waals surface area (Å²) in [5.41, 5.74) is 0.0731. The van der Waals surface area contributed by atoms with Crippen molar-refractivity contribution < 1.29 is 14.6 Å². The summed E-state index contributed by atoms with van der Waals surface area (Å²) in [5, 5.41) is 27.7. The van der Waals surface area contributed by atoms with Gasteiger partial charge in [-0.3, -0.25) is 29.7 Å². The van der Waals surface area contributed by atoms with Crippen molar-refractivity contribution in [1.29, 1.82) is 0 Å². The Bertz CT molecular complexity index is 799. The number of halogens is 2. The maximum Gasteiger partial charge on any atom is 0.306 e. The molecule has 0 spiro atoms. The first-order valence-corrected chi connectivity index (χ1v) is 7.96. The van der Waals surface area contributed by atoms with Crippen molar-refractivity contribution in [2.45, 2.75) is 13.0 Å². The second kappa shape index (κ2) is 7.49. The largest absolute Gasteiger partial charge is 0.324 e. The summed E-state index contributed by atoms with van der Waals surface area (Å²) in [4.78, 5) is 32.2. The number of nitrogens with one attached hydrogen (secondary N) is 1. The molecule has 0 fully saturated rings. The van der Waals surface area contributed by atoms with E-state index in [2.05, 4.69) is 42.3 Å². The number of aromatic nitrogens is 2. The van der Waals surface area contributed by atoms with Crippen molar-refractivity contribution >= 4 is 54.8 Å². The number of aryl methyl sites for hydroxylation is 1. The topological polar surface area (TPSA) is 133 Å². The second-order valence-corrected chi connectivity index (χ2v) is 6.27. The number of anilines is 1. The number of carbonyl (C=O) groups is 1. The van der Waals surface area contributed by atoms with E-state index < -0.39 is 9.85 Å². The van der Waals surface area contributed by atoms with Crippen LogP contribution in [-0.4, -0.2) is 25.5 Å². The Morgan fingerprint density at radius 3 is 2.25 bits per heavy atom. The smallest absolute Gasteiger partial charge is 0.306 e. The first-order chi connectivity index (χ1) is 11.3. The van der Waals surface area contributed by atoms with Crippen molar-refractivity contribution in [2.75, 3.05) is 5.32 Å². The molecule has 0 aliphatic rings. The molecule has 0 radical (unpaired) electrons. The van der Waals surface area contributed by atoms with Gasteiger partial charge in [0.2, 0.25) is 5.91 Å². The summed E-state index contributed by atoms with van der Waals surface area (Å²) in [6, 6.07) is 2.55. The fourth-order valence-corrected chi connectivity index (χ4v) is 3.13. The lowest BCUT2D eigenvalue weighted by Gasteiger charge is -2.09. The molecule has 0 saturated heterocycles. The van der Waals surface area contributed by atoms with Gasteiger partial charge in [0.15, 0.2) is 0 Å². The number of hydrogen-bond donors (Lipinski definition) is 1. The molecule has 1 N–H and O–H groups in total. The van der Waals surface area contributed by atoms with E-state index in [1.54, 1.807) is 0 Å². The third-order valence-corrected chi connectivity index (χ3v) is 4.15. The minimum absolute atomic E-state index is 0.0225. The average Bonchev–Trinajstić information content (AvgIpc) is 2.97. The predicted octanol–water partition coefficient (Wildman–Crippen LogP) is 3.25. The van der Waals surface area contributed by atoms with Gasteiger partial charge in [-0.2, -0.15) is 5.10 Å². The molecular weight excluding hydrogens is 454 g/mol. The summed E-state index contributed by atoms with van der Waals surface area (Å²) in [5.74, 6) is -0.372. The van der Waals surface area contributed by atoms with E-state index in [1.165, 1.54) is 23.0 Å². The van der Waals surface area contributed by atoms with Gasteiger partial charge in [0, 0.05) is 34.0 Å². The van der Waals surface area contributed by atoms with Gasteiger partial charge in [0.25, 0.3) is 5.69 Å². The summed E-state index contributed by atoms with van der Waals surface area (Å²) < 4.78 is 2.00. The molecule has 2 aromatic rings. The van der Waals surface area contributed by atoms with Gasteiger partial charge in [-0.15, -0.1) is 0 Å². The van der Waals surface area contributed by atoms with Crippen LogP contribution < -0.4 is 5.32 Å². The summed E-state index contributed by atoms with van der Waals surface area (Å²) in [7, 11) is 0. The number of amides is 1. The van der Waals surface area contributed by atoms with E-state index >= 15 is 0 Å². The first kappa shape index (κ1) is 18.0. The summed E-state index contributed by atoms with van der Waals surface area (Å²) >= 11 is 6.34. The minimum atomic E-state index is -0.575. The highest BCUT2D eigenvalue weighted by molar-refractivity contribution is 9.11.